The highest BCUT2D eigenvalue weighted by atomic mass is 35.5. The molecule has 0 amide bonds. The predicted octanol–water partition coefficient (Wildman–Crippen LogP) is 4.55. The molecule has 0 saturated carbocycles. The summed E-state index contributed by atoms with van der Waals surface area (Å²) in [4.78, 5) is 12.6. The van der Waals surface area contributed by atoms with Gasteiger partial charge in [0.25, 0.3) is 5.89 Å². The molecule has 6 nitrogen and oxygen atoms in total. The zero-order valence-corrected chi connectivity index (χ0v) is 16.3. The lowest BCUT2D eigenvalue weighted by Gasteiger charge is -2.24. The summed E-state index contributed by atoms with van der Waals surface area (Å²) in [6.07, 6.45) is -0.139. The standard InChI is InChI=1S/C21H19ClN2O4/c1-12-3-5-14(6-4-12)20-24-23-19(28-20)13(2)27-21(25)16-9-15-10-17(22)7-8-18(15)26-11-16/h3-8,10,13,16H,9,11H2,1-2H3/t13-,16+/m0/s1. The lowest BCUT2D eigenvalue weighted by Crippen LogP contribution is -2.30. The van der Waals surface area contributed by atoms with Crippen molar-refractivity contribution in [2.24, 2.45) is 5.92 Å². The van der Waals surface area contributed by atoms with Gasteiger partial charge in [0, 0.05) is 10.6 Å². The molecule has 0 radical (unpaired) electrons. The molecule has 3 aromatic rings. The first-order chi connectivity index (χ1) is 13.5. The molecule has 0 unspecified atom stereocenters. The minimum absolute atomic E-state index is 0.254. The Morgan fingerprint density at radius 2 is 2.00 bits per heavy atom. The Labute approximate surface area is 167 Å². The van der Waals surface area contributed by atoms with Gasteiger partial charge in [0.1, 0.15) is 12.4 Å². The van der Waals surface area contributed by atoms with Gasteiger partial charge in [-0.2, -0.15) is 0 Å². The smallest absolute Gasteiger partial charge is 0.313 e. The maximum Gasteiger partial charge on any atom is 0.313 e. The molecule has 2 atom stereocenters. The number of carbonyl (C=O) groups is 1. The van der Waals surface area contributed by atoms with Gasteiger partial charge in [0.2, 0.25) is 5.89 Å². The molecule has 2 aromatic carbocycles. The normalized spacial score (nSPS) is 16.8. The molecule has 7 heteroatoms. The third-order valence-electron chi connectivity index (χ3n) is 4.64. The minimum Gasteiger partial charge on any atom is -0.492 e. The van der Waals surface area contributed by atoms with Crippen molar-refractivity contribution in [2.45, 2.75) is 26.4 Å². The molecule has 0 aliphatic carbocycles. The van der Waals surface area contributed by atoms with Crippen LogP contribution in [0.2, 0.25) is 5.02 Å². The number of ether oxygens (including phenoxy) is 2. The van der Waals surface area contributed by atoms with E-state index < -0.39 is 12.0 Å². The van der Waals surface area contributed by atoms with E-state index in [0.717, 1.165) is 22.4 Å². The quantitative estimate of drug-likeness (QED) is 0.600. The van der Waals surface area contributed by atoms with E-state index in [-0.39, 0.29) is 18.5 Å². The number of carbonyl (C=O) groups excluding carboxylic acids is 1. The zero-order chi connectivity index (χ0) is 19.7. The van der Waals surface area contributed by atoms with Crippen LogP contribution in [-0.4, -0.2) is 22.8 Å². The van der Waals surface area contributed by atoms with Crippen molar-refractivity contribution in [3.05, 3.63) is 64.5 Å². The van der Waals surface area contributed by atoms with Gasteiger partial charge in [-0.1, -0.05) is 29.3 Å². The molecule has 0 saturated heterocycles. The highest BCUT2D eigenvalue weighted by Gasteiger charge is 2.30. The largest absolute Gasteiger partial charge is 0.492 e. The Hall–Kier alpha value is -2.86. The Bertz CT molecular complexity index is 1000. The lowest BCUT2D eigenvalue weighted by molar-refractivity contribution is -0.156. The van der Waals surface area contributed by atoms with Crippen LogP contribution in [0.15, 0.2) is 46.9 Å². The van der Waals surface area contributed by atoms with Gasteiger partial charge < -0.3 is 13.9 Å². The number of nitrogens with zero attached hydrogens (tertiary/aromatic N) is 2. The fourth-order valence-corrected chi connectivity index (χ4v) is 3.24. The number of rotatable bonds is 4. The molecule has 0 bridgehead atoms. The zero-order valence-electron chi connectivity index (χ0n) is 15.5. The van der Waals surface area contributed by atoms with Crippen LogP contribution in [0.4, 0.5) is 0 Å². The van der Waals surface area contributed by atoms with E-state index in [1.165, 1.54) is 0 Å². The fourth-order valence-electron chi connectivity index (χ4n) is 3.05. The van der Waals surface area contributed by atoms with E-state index in [1.807, 2.05) is 43.3 Å². The van der Waals surface area contributed by atoms with Crippen LogP contribution in [0.5, 0.6) is 5.75 Å². The van der Waals surface area contributed by atoms with Crippen LogP contribution < -0.4 is 4.74 Å². The van der Waals surface area contributed by atoms with E-state index >= 15 is 0 Å². The fraction of sp³-hybridized carbons (Fsp3) is 0.286. The minimum atomic E-state index is -0.653. The summed E-state index contributed by atoms with van der Waals surface area (Å²) >= 11 is 6.03. The molecule has 1 aliphatic heterocycles. The van der Waals surface area contributed by atoms with E-state index in [2.05, 4.69) is 10.2 Å². The Morgan fingerprint density at radius 1 is 1.21 bits per heavy atom. The molecule has 0 N–H and O–H groups in total. The summed E-state index contributed by atoms with van der Waals surface area (Å²) < 4.78 is 16.9. The van der Waals surface area contributed by atoms with Crippen molar-refractivity contribution < 1.29 is 18.7 Å². The van der Waals surface area contributed by atoms with Crippen molar-refractivity contribution in [2.75, 3.05) is 6.61 Å². The second-order valence-corrected chi connectivity index (χ2v) is 7.29. The summed E-state index contributed by atoms with van der Waals surface area (Å²) in [5.41, 5.74) is 2.85. The van der Waals surface area contributed by atoms with Gasteiger partial charge in [-0.25, -0.2) is 0 Å². The van der Waals surface area contributed by atoms with Crippen LogP contribution in [0.3, 0.4) is 0 Å². The maximum absolute atomic E-state index is 12.6. The number of hydrogen-bond acceptors (Lipinski definition) is 6. The van der Waals surface area contributed by atoms with Crippen molar-refractivity contribution in [3.63, 3.8) is 0 Å². The first kappa shape index (κ1) is 18.5. The van der Waals surface area contributed by atoms with E-state index in [4.69, 9.17) is 25.5 Å². The number of aromatic nitrogens is 2. The van der Waals surface area contributed by atoms with Crippen molar-refractivity contribution in [1.29, 1.82) is 0 Å². The van der Waals surface area contributed by atoms with Gasteiger partial charge in [-0.05, 0) is 56.2 Å². The van der Waals surface area contributed by atoms with Crippen LogP contribution in [0.1, 0.15) is 30.0 Å². The molecule has 0 spiro atoms. The topological polar surface area (TPSA) is 74.5 Å². The summed E-state index contributed by atoms with van der Waals surface area (Å²) in [7, 11) is 0. The first-order valence-electron chi connectivity index (χ1n) is 9.02. The van der Waals surface area contributed by atoms with E-state index in [0.29, 0.717) is 17.3 Å². The molecule has 1 aliphatic rings. The van der Waals surface area contributed by atoms with Crippen LogP contribution in [-0.2, 0) is 16.0 Å². The highest BCUT2D eigenvalue weighted by molar-refractivity contribution is 6.30. The molecule has 2 heterocycles. The second kappa shape index (κ2) is 7.64. The summed E-state index contributed by atoms with van der Waals surface area (Å²) in [6.45, 7) is 3.98. The SMILES string of the molecule is Cc1ccc(-c2nnc([C@H](C)OC(=O)[C@H]3COc4ccc(Cl)cc4C3)o2)cc1. The summed E-state index contributed by atoms with van der Waals surface area (Å²) in [5.74, 6) is 0.619. The van der Waals surface area contributed by atoms with Gasteiger partial charge in [-0.3, -0.25) is 4.79 Å². The van der Waals surface area contributed by atoms with Gasteiger partial charge in [0.05, 0.1) is 5.92 Å². The number of fused-ring (bicyclic) bond motifs is 1. The van der Waals surface area contributed by atoms with Crippen LogP contribution >= 0.6 is 11.6 Å². The second-order valence-electron chi connectivity index (χ2n) is 6.85. The third kappa shape index (κ3) is 3.87. The van der Waals surface area contributed by atoms with Crippen molar-refractivity contribution >= 4 is 17.6 Å². The van der Waals surface area contributed by atoms with Gasteiger partial charge in [0.15, 0.2) is 6.10 Å². The average molecular weight is 399 g/mol. The summed E-state index contributed by atoms with van der Waals surface area (Å²) in [6, 6.07) is 13.1. The predicted molar refractivity (Wildman–Crippen MR) is 103 cm³/mol. The number of esters is 1. The molecule has 0 fully saturated rings. The molecule has 144 valence electrons. The molecule has 4 rings (SSSR count). The average Bonchev–Trinajstić information content (AvgIpc) is 3.18. The number of benzene rings is 2. The summed E-state index contributed by atoms with van der Waals surface area (Å²) in [5, 5.41) is 8.68. The number of aryl methyl sites for hydroxylation is 1. The molecule has 1 aromatic heterocycles. The third-order valence-corrected chi connectivity index (χ3v) is 4.88. The maximum atomic E-state index is 12.6. The number of halogens is 1. The number of hydrogen-bond donors (Lipinski definition) is 0. The van der Waals surface area contributed by atoms with Gasteiger partial charge >= 0.3 is 5.97 Å². The van der Waals surface area contributed by atoms with E-state index in [1.54, 1.807) is 13.0 Å². The monoisotopic (exact) mass is 398 g/mol. The first-order valence-corrected chi connectivity index (χ1v) is 9.39. The Morgan fingerprint density at radius 3 is 2.79 bits per heavy atom. The van der Waals surface area contributed by atoms with Crippen LogP contribution in [0, 0.1) is 12.8 Å². The Kier molecular flexibility index (Phi) is 5.05. The highest BCUT2D eigenvalue weighted by Crippen LogP contribution is 2.31. The molecular weight excluding hydrogens is 380 g/mol. The van der Waals surface area contributed by atoms with Crippen molar-refractivity contribution in [1.82, 2.24) is 10.2 Å². The molecular formula is C21H19ClN2O4. The van der Waals surface area contributed by atoms with E-state index in [9.17, 15) is 4.79 Å². The van der Waals surface area contributed by atoms with Crippen LogP contribution in [0.25, 0.3) is 11.5 Å². The molecule has 28 heavy (non-hydrogen) atoms. The van der Waals surface area contributed by atoms with Crippen molar-refractivity contribution in [3.8, 4) is 17.2 Å². The van der Waals surface area contributed by atoms with Gasteiger partial charge in [-0.15, -0.1) is 10.2 Å². The lowest BCUT2D eigenvalue weighted by atomic mass is 9.97. The Balaban J connectivity index is 1.42.